The smallest absolute Gasteiger partial charge is 0.304 e. The summed E-state index contributed by atoms with van der Waals surface area (Å²) in [5, 5.41) is 21.8. The number of nitro benzene ring substituents is 1. The Hall–Kier alpha value is -4.18. The second kappa shape index (κ2) is 12.4. The number of hydrogen-bond acceptors (Lipinski definition) is 10. The summed E-state index contributed by atoms with van der Waals surface area (Å²) in [6.07, 6.45) is -0.196. The van der Waals surface area contributed by atoms with Gasteiger partial charge in [-0.1, -0.05) is 19.1 Å². The van der Waals surface area contributed by atoms with E-state index in [1.54, 1.807) is 49.2 Å². The third-order valence-corrected chi connectivity index (χ3v) is 12.7. The van der Waals surface area contributed by atoms with Crippen LogP contribution < -0.4 is 9.80 Å². The zero-order valence-corrected chi connectivity index (χ0v) is 28.3. The molecule has 0 aromatic heterocycles. The van der Waals surface area contributed by atoms with Crippen molar-refractivity contribution in [2.45, 2.75) is 88.7 Å². The lowest BCUT2D eigenvalue weighted by Crippen LogP contribution is -2.54. The van der Waals surface area contributed by atoms with Crippen LogP contribution in [0.3, 0.4) is 0 Å². The number of esters is 1. The number of amides is 3. The molecule has 4 heterocycles. The molecule has 1 spiro atoms. The van der Waals surface area contributed by atoms with E-state index in [4.69, 9.17) is 9.47 Å². The van der Waals surface area contributed by atoms with Crippen LogP contribution in [0.25, 0.3) is 0 Å². The summed E-state index contributed by atoms with van der Waals surface area (Å²) in [7, 11) is -3.12. The number of aliphatic hydroxyl groups excluding tert-OH is 1. The number of aliphatic hydroxyl groups is 1. The average Bonchev–Trinajstić information content (AvgIpc) is 3.67. The van der Waals surface area contributed by atoms with Gasteiger partial charge in [-0.25, -0.2) is 0 Å². The number of benzene rings is 2. The van der Waals surface area contributed by atoms with E-state index in [-0.39, 0.29) is 49.5 Å². The van der Waals surface area contributed by atoms with Crippen LogP contribution in [0.1, 0.15) is 50.7 Å². The van der Waals surface area contributed by atoms with E-state index in [2.05, 4.69) is 0 Å². The fraction of sp³-hybridized carbons (Fsp3) is 0.515. The number of carbonyl (C=O) groups is 4. The number of non-ortho nitro benzene ring substituents is 1. The second-order valence-electron chi connectivity index (χ2n) is 13.7. The molecule has 14 nitrogen and oxygen atoms in total. The standard InChI is InChI=1S/C33H40N4O10Si/c1-19-31(48(3,4)45)27(15-28(40)34-12-6-9-24(34)18-38)47-33(19)25-14-23(37(43)44)10-11-26(25)35(32(33)42)17-21-7-5-8-22(13-21)36-29(41)16-30(36)46-20(2)39/h5,7-8,10-11,13-14,19,24,27,30-31,38,45H,6,9,12,15-18H2,1-4H3/t19-,24-,27+,30?,31-,33+/m0/s1. The third-order valence-electron chi connectivity index (χ3n) is 10.2. The van der Waals surface area contributed by atoms with Gasteiger partial charge in [0.05, 0.1) is 48.7 Å². The van der Waals surface area contributed by atoms with E-state index >= 15 is 0 Å². The lowest BCUT2D eigenvalue weighted by molar-refractivity contribution is -0.385. The molecule has 4 aliphatic heterocycles. The molecular weight excluding hydrogens is 640 g/mol. The highest BCUT2D eigenvalue weighted by Gasteiger charge is 2.67. The van der Waals surface area contributed by atoms with Crippen LogP contribution in [0.4, 0.5) is 17.1 Å². The van der Waals surface area contributed by atoms with E-state index < -0.39 is 54.5 Å². The SMILES string of the molecule is CC(=O)OC1CC(=O)N1c1cccc(CN2C(=O)[C@]3(O[C@H](CC(=O)N4CCC[C@H]4CO)[C@@H]([Si](C)(C)O)[C@@H]3C)c3cc([N+](=O)[O-])ccc32)c1. The summed E-state index contributed by atoms with van der Waals surface area (Å²) in [6, 6.07) is 10.8. The maximum absolute atomic E-state index is 14.8. The van der Waals surface area contributed by atoms with Crippen molar-refractivity contribution < 1.29 is 43.5 Å². The van der Waals surface area contributed by atoms with Crippen molar-refractivity contribution in [3.63, 3.8) is 0 Å². The first-order valence-electron chi connectivity index (χ1n) is 16.2. The van der Waals surface area contributed by atoms with Crippen LogP contribution >= 0.6 is 0 Å². The Morgan fingerprint density at radius 3 is 2.58 bits per heavy atom. The Labute approximate surface area is 278 Å². The van der Waals surface area contributed by atoms with Crippen molar-refractivity contribution in [2.75, 3.05) is 23.0 Å². The summed E-state index contributed by atoms with van der Waals surface area (Å²) in [5.41, 5.74) is -0.690. The van der Waals surface area contributed by atoms with Crippen LogP contribution in [-0.4, -0.2) is 83.3 Å². The van der Waals surface area contributed by atoms with Gasteiger partial charge in [-0.05, 0) is 49.7 Å². The van der Waals surface area contributed by atoms with E-state index in [0.29, 0.717) is 35.5 Å². The van der Waals surface area contributed by atoms with Gasteiger partial charge in [0.25, 0.3) is 11.6 Å². The molecule has 3 saturated heterocycles. The third kappa shape index (κ3) is 5.57. The van der Waals surface area contributed by atoms with Crippen LogP contribution in [-0.2, 0) is 40.8 Å². The van der Waals surface area contributed by atoms with Gasteiger partial charge in [-0.15, -0.1) is 0 Å². The molecule has 1 unspecified atom stereocenters. The number of likely N-dealkylation sites (tertiary alicyclic amines) is 1. The largest absolute Gasteiger partial charge is 0.441 e. The maximum atomic E-state index is 14.8. The van der Waals surface area contributed by atoms with Crippen molar-refractivity contribution in [1.29, 1.82) is 0 Å². The van der Waals surface area contributed by atoms with Gasteiger partial charge in [0.15, 0.2) is 20.1 Å². The Kier molecular flexibility index (Phi) is 8.68. The van der Waals surface area contributed by atoms with Crippen LogP contribution in [0, 0.1) is 16.0 Å². The quantitative estimate of drug-likeness (QED) is 0.131. The van der Waals surface area contributed by atoms with Crippen LogP contribution in [0.2, 0.25) is 18.6 Å². The summed E-state index contributed by atoms with van der Waals surface area (Å²) >= 11 is 0. The topological polar surface area (TPSA) is 180 Å². The summed E-state index contributed by atoms with van der Waals surface area (Å²) in [5.74, 6) is -2.10. The minimum atomic E-state index is -3.12. The van der Waals surface area contributed by atoms with E-state index in [1.807, 2.05) is 0 Å². The second-order valence-corrected chi connectivity index (χ2v) is 17.7. The molecule has 3 fully saturated rings. The number of nitrogens with zero attached hydrogens (tertiary/aromatic N) is 4. The maximum Gasteiger partial charge on any atom is 0.304 e. The van der Waals surface area contributed by atoms with E-state index in [0.717, 1.165) is 6.42 Å². The number of anilines is 2. The highest BCUT2D eigenvalue weighted by atomic mass is 28.4. The Balaban J connectivity index is 1.37. The van der Waals surface area contributed by atoms with E-state index in [1.165, 1.54) is 34.9 Å². The molecule has 4 aliphatic rings. The number of carbonyl (C=O) groups excluding carboxylic acids is 4. The number of rotatable bonds is 9. The molecule has 0 aliphatic carbocycles. The minimum Gasteiger partial charge on any atom is -0.441 e. The molecule has 0 bridgehead atoms. The molecule has 15 heteroatoms. The Morgan fingerprint density at radius 2 is 1.94 bits per heavy atom. The first-order valence-corrected chi connectivity index (χ1v) is 19.2. The summed E-state index contributed by atoms with van der Waals surface area (Å²) in [6.45, 7) is 6.88. The van der Waals surface area contributed by atoms with Gasteiger partial charge in [0, 0.05) is 48.3 Å². The molecular formula is C33H40N4O10Si. The van der Waals surface area contributed by atoms with Crippen molar-refractivity contribution in [3.8, 4) is 0 Å². The van der Waals surface area contributed by atoms with Crippen molar-refractivity contribution in [1.82, 2.24) is 4.90 Å². The average molecular weight is 681 g/mol. The number of nitro groups is 1. The molecule has 3 amide bonds. The normalized spacial score (nSPS) is 28.2. The molecule has 2 N–H and O–H groups in total. The van der Waals surface area contributed by atoms with Gasteiger partial charge < -0.3 is 29.2 Å². The first-order chi connectivity index (χ1) is 22.7. The van der Waals surface area contributed by atoms with Gasteiger partial charge in [0.2, 0.25) is 11.8 Å². The Morgan fingerprint density at radius 1 is 1.19 bits per heavy atom. The number of ether oxygens (including phenoxy) is 2. The monoisotopic (exact) mass is 680 g/mol. The lowest BCUT2D eigenvalue weighted by Gasteiger charge is -2.39. The van der Waals surface area contributed by atoms with Crippen molar-refractivity contribution in [2.24, 2.45) is 5.92 Å². The van der Waals surface area contributed by atoms with Gasteiger partial charge >= 0.3 is 5.97 Å². The minimum absolute atomic E-state index is 0.0236. The molecule has 256 valence electrons. The number of hydrogen-bond donors (Lipinski definition) is 2. The van der Waals surface area contributed by atoms with Gasteiger partial charge in [-0.3, -0.25) is 34.2 Å². The Bertz CT molecular complexity index is 1680. The fourth-order valence-electron chi connectivity index (χ4n) is 8.15. The molecule has 48 heavy (non-hydrogen) atoms. The number of β-lactam (4-membered cyclic amide) rings is 1. The first kappa shape index (κ1) is 33.7. The summed E-state index contributed by atoms with van der Waals surface area (Å²) in [4.78, 5) is 79.8. The van der Waals surface area contributed by atoms with Gasteiger partial charge in [0.1, 0.15) is 0 Å². The zero-order valence-electron chi connectivity index (χ0n) is 27.3. The highest BCUT2D eigenvalue weighted by molar-refractivity contribution is 6.71. The molecule has 0 radical (unpaired) electrons. The summed E-state index contributed by atoms with van der Waals surface area (Å²) < 4.78 is 12.0. The highest BCUT2D eigenvalue weighted by Crippen LogP contribution is 2.60. The predicted molar refractivity (Wildman–Crippen MR) is 174 cm³/mol. The zero-order chi connectivity index (χ0) is 34.7. The van der Waals surface area contributed by atoms with Crippen LogP contribution in [0.15, 0.2) is 42.5 Å². The van der Waals surface area contributed by atoms with Crippen LogP contribution in [0.5, 0.6) is 0 Å². The fourth-order valence-corrected chi connectivity index (χ4v) is 10.7. The lowest BCUT2D eigenvalue weighted by atomic mass is 9.82. The molecule has 2 aromatic rings. The predicted octanol–water partition coefficient (Wildman–Crippen LogP) is 2.94. The molecule has 2 aromatic carbocycles. The number of fused-ring (bicyclic) bond motifs is 2. The molecule has 6 atom stereocenters. The van der Waals surface area contributed by atoms with Crippen molar-refractivity contribution >= 4 is 49.1 Å². The molecule has 0 saturated carbocycles. The van der Waals surface area contributed by atoms with Crippen molar-refractivity contribution in [3.05, 3.63) is 63.7 Å². The van der Waals surface area contributed by atoms with Gasteiger partial charge in [-0.2, -0.15) is 0 Å². The van der Waals surface area contributed by atoms with E-state index in [9.17, 15) is 39.2 Å². The molecule has 6 rings (SSSR count).